The van der Waals surface area contributed by atoms with Gasteiger partial charge in [0.25, 0.3) is 0 Å². The molecule has 1 N–H and O–H groups in total. The molecule has 0 saturated carbocycles. The Bertz CT molecular complexity index is 280. The minimum absolute atomic E-state index is 0.00861. The summed E-state index contributed by atoms with van der Waals surface area (Å²) in [5, 5.41) is 8.96. The fourth-order valence-corrected chi connectivity index (χ4v) is 1.97. The molecular weight excluding hydrogens is 272 g/mol. The van der Waals surface area contributed by atoms with Gasteiger partial charge in [0.1, 0.15) is 6.79 Å². The summed E-state index contributed by atoms with van der Waals surface area (Å²) in [7, 11) is 1.62. The van der Waals surface area contributed by atoms with Gasteiger partial charge in [-0.15, -0.1) is 6.58 Å². The van der Waals surface area contributed by atoms with Crippen LogP contribution in [0, 0.1) is 11.8 Å². The van der Waals surface area contributed by atoms with Gasteiger partial charge in [0.2, 0.25) is 0 Å². The highest BCUT2D eigenvalue weighted by Gasteiger charge is 2.20. The van der Waals surface area contributed by atoms with E-state index < -0.39 is 5.97 Å². The number of rotatable bonds is 14. The van der Waals surface area contributed by atoms with Crippen LogP contribution in [0.1, 0.15) is 39.5 Å². The number of allylic oxidation sites excluding steroid dienone is 1. The minimum Gasteiger partial charge on any atom is -0.481 e. The van der Waals surface area contributed by atoms with Crippen molar-refractivity contribution < 1.29 is 24.1 Å². The van der Waals surface area contributed by atoms with Crippen LogP contribution >= 0.6 is 0 Å². The largest absolute Gasteiger partial charge is 0.481 e. The van der Waals surface area contributed by atoms with Crippen molar-refractivity contribution in [3.8, 4) is 0 Å². The average molecular weight is 302 g/mol. The van der Waals surface area contributed by atoms with Crippen LogP contribution in [0.3, 0.4) is 0 Å². The van der Waals surface area contributed by atoms with Gasteiger partial charge in [-0.25, -0.2) is 0 Å². The van der Waals surface area contributed by atoms with Crippen molar-refractivity contribution in [2.24, 2.45) is 11.8 Å². The molecular formula is C16H30O5. The standard InChI is InChI=1S/C16H30O5/c1-5-6-7-13(2)15(9-8-14(3)16(17)18)21-12-20-11-10-19-4/h5,13-15H,1,6-12H2,2-4H3,(H,17,18)/t13-,14-,15+/m0/s1. The van der Waals surface area contributed by atoms with Gasteiger partial charge in [0.05, 0.1) is 25.2 Å². The zero-order valence-corrected chi connectivity index (χ0v) is 13.5. The number of ether oxygens (including phenoxy) is 3. The first-order chi connectivity index (χ1) is 10.0. The van der Waals surface area contributed by atoms with Crippen LogP contribution in [0.4, 0.5) is 0 Å². The van der Waals surface area contributed by atoms with E-state index in [-0.39, 0.29) is 18.8 Å². The third-order valence-electron chi connectivity index (χ3n) is 3.56. The topological polar surface area (TPSA) is 65.0 Å². The molecule has 0 bridgehead atoms. The monoisotopic (exact) mass is 302 g/mol. The van der Waals surface area contributed by atoms with E-state index in [2.05, 4.69) is 13.5 Å². The van der Waals surface area contributed by atoms with Gasteiger partial charge >= 0.3 is 5.97 Å². The van der Waals surface area contributed by atoms with E-state index in [1.165, 1.54) is 0 Å². The van der Waals surface area contributed by atoms with Crippen molar-refractivity contribution in [1.82, 2.24) is 0 Å². The second-order valence-electron chi connectivity index (χ2n) is 5.38. The molecule has 0 amide bonds. The minimum atomic E-state index is -0.760. The molecule has 21 heavy (non-hydrogen) atoms. The number of carboxylic acids is 1. The quantitative estimate of drug-likeness (QED) is 0.303. The molecule has 3 atom stereocenters. The maximum Gasteiger partial charge on any atom is 0.306 e. The Labute approximate surface area is 128 Å². The summed E-state index contributed by atoms with van der Waals surface area (Å²) >= 11 is 0. The zero-order valence-electron chi connectivity index (χ0n) is 13.5. The van der Waals surface area contributed by atoms with Crippen LogP contribution < -0.4 is 0 Å². The van der Waals surface area contributed by atoms with Crippen molar-refractivity contribution in [3.63, 3.8) is 0 Å². The van der Waals surface area contributed by atoms with Crippen LogP contribution in [0.2, 0.25) is 0 Å². The molecule has 0 heterocycles. The fraction of sp³-hybridized carbons (Fsp3) is 0.812. The van der Waals surface area contributed by atoms with Gasteiger partial charge in [-0.3, -0.25) is 4.79 Å². The highest BCUT2D eigenvalue weighted by Crippen LogP contribution is 2.21. The maximum atomic E-state index is 10.9. The SMILES string of the molecule is C=CCC[C@H](C)[C@@H](CC[C@H](C)C(=O)O)OCOCCOC. The van der Waals surface area contributed by atoms with Crippen LogP contribution in [0.25, 0.3) is 0 Å². The Kier molecular flexibility index (Phi) is 12.2. The second kappa shape index (κ2) is 12.8. The molecule has 0 aromatic heterocycles. The van der Waals surface area contributed by atoms with Gasteiger partial charge < -0.3 is 19.3 Å². The van der Waals surface area contributed by atoms with Crippen molar-refractivity contribution >= 4 is 5.97 Å². The number of carbonyl (C=O) groups is 1. The first-order valence-electron chi connectivity index (χ1n) is 7.54. The molecule has 0 unspecified atom stereocenters. The summed E-state index contributed by atoms with van der Waals surface area (Å²) in [5.41, 5.74) is 0. The Hall–Kier alpha value is -0.910. The first-order valence-corrected chi connectivity index (χ1v) is 7.54. The molecule has 0 rings (SSSR count). The number of methoxy groups -OCH3 is 1. The van der Waals surface area contributed by atoms with E-state index in [0.29, 0.717) is 25.6 Å². The second-order valence-corrected chi connectivity index (χ2v) is 5.38. The Balaban J connectivity index is 4.19. The van der Waals surface area contributed by atoms with Gasteiger partial charge in [0.15, 0.2) is 0 Å². The van der Waals surface area contributed by atoms with Crippen molar-refractivity contribution in [2.75, 3.05) is 27.1 Å². The average Bonchev–Trinajstić information content (AvgIpc) is 2.47. The number of hydrogen-bond acceptors (Lipinski definition) is 4. The number of carboxylic acid groups (broad SMARTS) is 1. The Morgan fingerprint density at radius 1 is 1.24 bits per heavy atom. The zero-order chi connectivity index (χ0) is 16.1. The van der Waals surface area contributed by atoms with E-state index in [4.69, 9.17) is 19.3 Å². The highest BCUT2D eigenvalue weighted by atomic mass is 16.7. The molecule has 0 aliphatic carbocycles. The third-order valence-corrected chi connectivity index (χ3v) is 3.56. The predicted molar refractivity (Wildman–Crippen MR) is 82.2 cm³/mol. The van der Waals surface area contributed by atoms with Crippen molar-refractivity contribution in [2.45, 2.75) is 45.6 Å². The molecule has 0 aromatic rings. The van der Waals surface area contributed by atoms with Gasteiger partial charge in [0, 0.05) is 7.11 Å². The smallest absolute Gasteiger partial charge is 0.306 e. The van der Waals surface area contributed by atoms with Crippen molar-refractivity contribution in [1.29, 1.82) is 0 Å². The molecule has 0 spiro atoms. The molecule has 0 radical (unpaired) electrons. The lowest BCUT2D eigenvalue weighted by Crippen LogP contribution is -2.25. The number of hydrogen-bond donors (Lipinski definition) is 1. The van der Waals surface area contributed by atoms with Crippen molar-refractivity contribution in [3.05, 3.63) is 12.7 Å². The molecule has 0 aliphatic rings. The molecule has 0 fully saturated rings. The van der Waals surface area contributed by atoms with Crippen LogP contribution in [-0.2, 0) is 19.0 Å². The lowest BCUT2D eigenvalue weighted by Gasteiger charge is -2.25. The van der Waals surface area contributed by atoms with Gasteiger partial charge in [-0.2, -0.15) is 0 Å². The molecule has 5 nitrogen and oxygen atoms in total. The highest BCUT2D eigenvalue weighted by molar-refractivity contribution is 5.69. The normalized spacial score (nSPS) is 15.4. The van der Waals surface area contributed by atoms with E-state index in [1.807, 2.05) is 6.08 Å². The summed E-state index contributed by atoms with van der Waals surface area (Å²) in [5.74, 6) is -0.768. The summed E-state index contributed by atoms with van der Waals surface area (Å²) in [6, 6.07) is 0. The number of aliphatic carboxylic acids is 1. The molecule has 0 aliphatic heterocycles. The van der Waals surface area contributed by atoms with E-state index in [9.17, 15) is 4.79 Å². The molecule has 0 saturated heterocycles. The summed E-state index contributed by atoms with van der Waals surface area (Å²) < 4.78 is 16.0. The summed E-state index contributed by atoms with van der Waals surface area (Å²) in [6.45, 7) is 8.82. The van der Waals surface area contributed by atoms with Crippen LogP contribution in [0.5, 0.6) is 0 Å². The molecule has 0 aromatic carbocycles. The third kappa shape index (κ3) is 10.5. The molecule has 124 valence electrons. The van der Waals surface area contributed by atoms with E-state index in [1.54, 1.807) is 14.0 Å². The maximum absolute atomic E-state index is 10.9. The van der Waals surface area contributed by atoms with E-state index in [0.717, 1.165) is 19.3 Å². The Morgan fingerprint density at radius 2 is 1.95 bits per heavy atom. The Morgan fingerprint density at radius 3 is 2.52 bits per heavy atom. The molecule has 5 heteroatoms. The van der Waals surface area contributed by atoms with Crippen LogP contribution in [-0.4, -0.2) is 44.3 Å². The summed E-state index contributed by atoms with van der Waals surface area (Å²) in [6.07, 6.45) is 5.14. The fourth-order valence-electron chi connectivity index (χ4n) is 1.97. The van der Waals surface area contributed by atoms with E-state index >= 15 is 0 Å². The summed E-state index contributed by atoms with van der Waals surface area (Å²) in [4.78, 5) is 10.9. The van der Waals surface area contributed by atoms with Gasteiger partial charge in [-0.1, -0.05) is 19.9 Å². The van der Waals surface area contributed by atoms with Crippen LogP contribution in [0.15, 0.2) is 12.7 Å². The lowest BCUT2D eigenvalue weighted by atomic mass is 9.92. The predicted octanol–water partition coefficient (Wildman–Crippen LogP) is 3.10. The van der Waals surface area contributed by atoms with Gasteiger partial charge in [-0.05, 0) is 31.6 Å². The lowest BCUT2D eigenvalue weighted by molar-refractivity contribution is -0.142. The first kappa shape index (κ1) is 20.1.